The molecule has 1 aliphatic rings. The van der Waals surface area contributed by atoms with Gasteiger partial charge in [0.25, 0.3) is 0 Å². The van der Waals surface area contributed by atoms with Crippen molar-refractivity contribution < 1.29 is 18.7 Å². The zero-order valence-corrected chi connectivity index (χ0v) is 14.8. The van der Waals surface area contributed by atoms with E-state index in [0.29, 0.717) is 6.61 Å². The molecule has 1 heterocycles. The normalized spacial score (nSPS) is 15.6. The number of hydrogen-bond acceptors (Lipinski definition) is 4. The predicted octanol–water partition coefficient (Wildman–Crippen LogP) is 3.66. The summed E-state index contributed by atoms with van der Waals surface area (Å²) in [6, 6.07) is 15.8. The summed E-state index contributed by atoms with van der Waals surface area (Å²) >= 11 is 0. The number of benzene rings is 2. The second-order valence-corrected chi connectivity index (χ2v) is 6.51. The highest BCUT2D eigenvalue weighted by molar-refractivity contribution is 5.72. The number of likely N-dealkylation sites (tertiary alicyclic amines) is 1. The third kappa shape index (κ3) is 5.56. The van der Waals surface area contributed by atoms with Crippen LogP contribution >= 0.6 is 0 Å². The zero-order valence-electron chi connectivity index (χ0n) is 14.8. The van der Waals surface area contributed by atoms with Crippen LogP contribution in [-0.4, -0.2) is 37.1 Å². The van der Waals surface area contributed by atoms with E-state index in [4.69, 9.17) is 9.47 Å². The Morgan fingerprint density at radius 1 is 1.04 bits per heavy atom. The first-order chi connectivity index (χ1) is 12.7. The summed E-state index contributed by atoms with van der Waals surface area (Å²) in [5.41, 5.74) is 0.801. The Balaban J connectivity index is 1.33. The molecule has 0 atom stereocenters. The van der Waals surface area contributed by atoms with Crippen LogP contribution in [0.15, 0.2) is 54.6 Å². The van der Waals surface area contributed by atoms with Gasteiger partial charge < -0.3 is 9.47 Å². The summed E-state index contributed by atoms with van der Waals surface area (Å²) in [4.78, 5) is 14.5. The van der Waals surface area contributed by atoms with E-state index < -0.39 is 0 Å². The number of hydrogen-bond donors (Lipinski definition) is 0. The molecule has 3 rings (SSSR count). The first-order valence-electron chi connectivity index (χ1n) is 9.02. The molecule has 1 fully saturated rings. The van der Waals surface area contributed by atoms with Gasteiger partial charge in [0.15, 0.2) is 0 Å². The van der Waals surface area contributed by atoms with Crippen molar-refractivity contribution >= 4 is 5.97 Å². The molecule has 0 spiro atoms. The minimum Gasteiger partial charge on any atom is -0.492 e. The van der Waals surface area contributed by atoms with Crippen LogP contribution in [0.3, 0.4) is 0 Å². The maximum atomic E-state index is 12.9. The molecule has 0 N–H and O–H groups in total. The van der Waals surface area contributed by atoms with E-state index in [0.717, 1.165) is 43.8 Å². The van der Waals surface area contributed by atoms with Crippen molar-refractivity contribution in [1.29, 1.82) is 0 Å². The minimum absolute atomic E-state index is 0.0539. The molecular weight excluding hydrogens is 333 g/mol. The topological polar surface area (TPSA) is 38.8 Å². The van der Waals surface area contributed by atoms with Crippen LogP contribution in [0.4, 0.5) is 4.39 Å². The number of carbonyl (C=O) groups excluding carboxylic acids is 1. The van der Waals surface area contributed by atoms with E-state index >= 15 is 0 Å². The van der Waals surface area contributed by atoms with Gasteiger partial charge in [-0.15, -0.1) is 0 Å². The highest BCUT2D eigenvalue weighted by atomic mass is 19.1. The van der Waals surface area contributed by atoms with Crippen LogP contribution in [0.25, 0.3) is 0 Å². The largest absolute Gasteiger partial charge is 0.492 e. The minimum atomic E-state index is -0.288. The van der Waals surface area contributed by atoms with E-state index in [2.05, 4.69) is 4.90 Å². The van der Waals surface area contributed by atoms with Crippen LogP contribution in [0.5, 0.6) is 5.75 Å². The van der Waals surface area contributed by atoms with E-state index in [9.17, 15) is 9.18 Å². The Morgan fingerprint density at radius 2 is 1.73 bits per heavy atom. The van der Waals surface area contributed by atoms with E-state index in [1.165, 1.54) is 12.1 Å². The molecule has 1 saturated heterocycles. The lowest BCUT2D eigenvalue weighted by Crippen LogP contribution is -2.39. The van der Waals surface area contributed by atoms with Gasteiger partial charge in [-0.05, 0) is 55.8 Å². The molecule has 0 unspecified atom stereocenters. The van der Waals surface area contributed by atoms with Crippen LogP contribution in [0, 0.1) is 11.7 Å². The fourth-order valence-corrected chi connectivity index (χ4v) is 3.05. The van der Waals surface area contributed by atoms with Gasteiger partial charge in [0, 0.05) is 6.54 Å². The number of esters is 1. The smallest absolute Gasteiger partial charge is 0.309 e. The monoisotopic (exact) mass is 357 g/mol. The second-order valence-electron chi connectivity index (χ2n) is 6.51. The number of nitrogens with zero attached hydrogens (tertiary/aromatic N) is 1. The van der Waals surface area contributed by atoms with Gasteiger partial charge in [-0.25, -0.2) is 4.39 Å². The van der Waals surface area contributed by atoms with Crippen molar-refractivity contribution in [3.05, 3.63) is 66.0 Å². The molecule has 1 aliphatic heterocycles. The van der Waals surface area contributed by atoms with E-state index in [-0.39, 0.29) is 24.3 Å². The standard InChI is InChI=1S/C21H24FNO3/c22-19-8-6-17(7-9-19)16-26-21(24)18-10-12-23(13-11-18)14-15-25-20-4-2-1-3-5-20/h1-9,18H,10-16H2. The van der Waals surface area contributed by atoms with Crippen LogP contribution < -0.4 is 4.74 Å². The van der Waals surface area contributed by atoms with Crippen molar-refractivity contribution in [3.63, 3.8) is 0 Å². The van der Waals surface area contributed by atoms with Crippen molar-refractivity contribution in [2.24, 2.45) is 5.92 Å². The van der Waals surface area contributed by atoms with Crippen LogP contribution in [0.2, 0.25) is 0 Å². The third-order valence-corrected chi connectivity index (χ3v) is 4.63. The lowest BCUT2D eigenvalue weighted by atomic mass is 9.97. The molecule has 138 valence electrons. The van der Waals surface area contributed by atoms with Gasteiger partial charge in [0.2, 0.25) is 0 Å². The average molecular weight is 357 g/mol. The second kappa shape index (κ2) is 9.34. The number of piperidine rings is 1. The summed E-state index contributed by atoms with van der Waals surface area (Å²) in [6.45, 7) is 3.43. The predicted molar refractivity (Wildman–Crippen MR) is 97.3 cm³/mol. The molecule has 0 amide bonds. The van der Waals surface area contributed by atoms with Crippen molar-refractivity contribution in [2.45, 2.75) is 19.4 Å². The number of halogens is 1. The Kier molecular flexibility index (Phi) is 6.61. The van der Waals surface area contributed by atoms with Crippen molar-refractivity contribution in [3.8, 4) is 5.75 Å². The number of ether oxygens (including phenoxy) is 2. The highest BCUT2D eigenvalue weighted by Gasteiger charge is 2.26. The van der Waals surface area contributed by atoms with Gasteiger partial charge >= 0.3 is 5.97 Å². The molecule has 0 aromatic heterocycles. The summed E-state index contributed by atoms with van der Waals surface area (Å²) in [5, 5.41) is 0. The van der Waals surface area contributed by atoms with Crippen LogP contribution in [-0.2, 0) is 16.1 Å². The van der Waals surface area contributed by atoms with Gasteiger partial charge in [-0.2, -0.15) is 0 Å². The Morgan fingerprint density at radius 3 is 2.42 bits per heavy atom. The molecule has 5 heteroatoms. The van der Waals surface area contributed by atoms with Crippen LogP contribution in [0.1, 0.15) is 18.4 Å². The molecule has 4 nitrogen and oxygen atoms in total. The average Bonchev–Trinajstić information content (AvgIpc) is 2.69. The summed E-state index contributed by atoms with van der Waals surface area (Å²) in [6.07, 6.45) is 1.60. The van der Waals surface area contributed by atoms with Gasteiger partial charge in [-0.1, -0.05) is 30.3 Å². The lowest BCUT2D eigenvalue weighted by Gasteiger charge is -2.30. The fraction of sp³-hybridized carbons (Fsp3) is 0.381. The zero-order chi connectivity index (χ0) is 18.2. The van der Waals surface area contributed by atoms with Gasteiger partial charge in [0.05, 0.1) is 5.92 Å². The Hall–Kier alpha value is -2.40. The maximum Gasteiger partial charge on any atom is 0.309 e. The number of rotatable bonds is 7. The lowest BCUT2D eigenvalue weighted by molar-refractivity contribution is -0.151. The van der Waals surface area contributed by atoms with E-state index in [1.807, 2.05) is 30.3 Å². The van der Waals surface area contributed by atoms with Gasteiger partial charge in [0.1, 0.15) is 24.8 Å². The molecule has 0 saturated carbocycles. The number of para-hydroxylation sites is 1. The molecule has 0 bridgehead atoms. The summed E-state index contributed by atoms with van der Waals surface area (Å²) in [7, 11) is 0. The summed E-state index contributed by atoms with van der Waals surface area (Å²) < 4.78 is 24.0. The van der Waals surface area contributed by atoms with Crippen molar-refractivity contribution in [2.75, 3.05) is 26.2 Å². The molecule has 0 radical (unpaired) electrons. The number of carbonyl (C=O) groups is 1. The highest BCUT2D eigenvalue weighted by Crippen LogP contribution is 2.19. The first kappa shape index (κ1) is 18.4. The van der Waals surface area contributed by atoms with E-state index in [1.54, 1.807) is 12.1 Å². The SMILES string of the molecule is O=C(OCc1ccc(F)cc1)C1CCN(CCOc2ccccc2)CC1. The molecular formula is C21H24FNO3. The Labute approximate surface area is 153 Å². The molecule has 2 aromatic carbocycles. The molecule has 2 aromatic rings. The molecule has 0 aliphatic carbocycles. The Bertz CT molecular complexity index is 682. The third-order valence-electron chi connectivity index (χ3n) is 4.63. The van der Waals surface area contributed by atoms with Gasteiger partial charge in [-0.3, -0.25) is 9.69 Å². The quantitative estimate of drug-likeness (QED) is 0.709. The maximum absolute atomic E-state index is 12.9. The first-order valence-corrected chi connectivity index (χ1v) is 9.02. The molecule has 26 heavy (non-hydrogen) atoms. The fourth-order valence-electron chi connectivity index (χ4n) is 3.05. The summed E-state index contributed by atoms with van der Waals surface area (Å²) in [5.74, 6) is 0.381. The van der Waals surface area contributed by atoms with Crippen molar-refractivity contribution in [1.82, 2.24) is 4.90 Å².